The number of likely N-dealkylation sites (N-methyl/N-ethyl adjacent to an activating group) is 1. The van der Waals surface area contributed by atoms with Gasteiger partial charge in [0.2, 0.25) is 21.8 Å². The minimum Gasteiger partial charge on any atom is -0.497 e. The fourth-order valence-electron chi connectivity index (χ4n) is 3.15. The molecule has 0 saturated heterocycles. The van der Waals surface area contributed by atoms with E-state index in [1.807, 2.05) is 0 Å². The molecule has 0 fully saturated rings. The molecule has 0 aliphatic carbocycles. The molecule has 9 nitrogen and oxygen atoms in total. The predicted octanol–water partition coefficient (Wildman–Crippen LogP) is 1.16. The third-order valence-electron chi connectivity index (χ3n) is 5.07. The zero-order valence-corrected chi connectivity index (χ0v) is 19.9. The fourth-order valence-corrected chi connectivity index (χ4v) is 3.49. The van der Waals surface area contributed by atoms with Gasteiger partial charge in [0, 0.05) is 26.7 Å². The summed E-state index contributed by atoms with van der Waals surface area (Å²) in [6.07, 6.45) is 1.39. The van der Waals surface area contributed by atoms with Crippen LogP contribution >= 0.6 is 0 Å². The van der Waals surface area contributed by atoms with Gasteiger partial charge in [-0.1, -0.05) is 42.5 Å². The van der Waals surface area contributed by atoms with Crippen LogP contribution in [0, 0.1) is 0 Å². The van der Waals surface area contributed by atoms with E-state index >= 15 is 0 Å². The number of sulfonamides is 1. The standard InChI is InChI=1S/C23H31N3O6S/c1-25(33(3,30)31)17-21(28)26(16-18-10-12-20(32-2)13-11-18)22(19-8-5-4-6-9-19)23(29)24-14-7-15-27/h4-6,8-13,22,27H,7,14-17H2,1-3H3,(H,24,29)/t22-/m1/s1. The number of amides is 2. The van der Waals surface area contributed by atoms with Crippen LogP contribution in [0.25, 0.3) is 0 Å². The van der Waals surface area contributed by atoms with Crippen molar-refractivity contribution in [3.63, 3.8) is 0 Å². The quantitative estimate of drug-likeness (QED) is 0.443. The number of hydrogen-bond donors (Lipinski definition) is 2. The Morgan fingerprint density at radius 1 is 1.09 bits per heavy atom. The summed E-state index contributed by atoms with van der Waals surface area (Å²) in [5, 5.41) is 11.8. The zero-order chi connectivity index (χ0) is 24.4. The van der Waals surface area contributed by atoms with Gasteiger partial charge in [-0.2, -0.15) is 4.31 Å². The van der Waals surface area contributed by atoms with Crippen molar-refractivity contribution in [3.8, 4) is 5.75 Å². The zero-order valence-electron chi connectivity index (χ0n) is 19.1. The molecule has 0 aromatic heterocycles. The van der Waals surface area contributed by atoms with Crippen LogP contribution < -0.4 is 10.1 Å². The number of carbonyl (C=O) groups is 2. The number of hydrogen-bond acceptors (Lipinski definition) is 6. The average molecular weight is 478 g/mol. The third kappa shape index (κ3) is 7.85. The van der Waals surface area contributed by atoms with Crippen LogP contribution in [0.5, 0.6) is 5.75 Å². The van der Waals surface area contributed by atoms with E-state index < -0.39 is 34.4 Å². The molecule has 33 heavy (non-hydrogen) atoms. The van der Waals surface area contributed by atoms with Crippen molar-refractivity contribution < 1.29 is 27.9 Å². The lowest BCUT2D eigenvalue weighted by atomic mass is 10.0. The molecule has 2 amide bonds. The number of ether oxygens (including phenoxy) is 1. The summed E-state index contributed by atoms with van der Waals surface area (Å²) < 4.78 is 29.9. The first-order valence-corrected chi connectivity index (χ1v) is 12.3. The Morgan fingerprint density at radius 3 is 2.27 bits per heavy atom. The van der Waals surface area contributed by atoms with E-state index in [0.717, 1.165) is 16.1 Å². The highest BCUT2D eigenvalue weighted by Gasteiger charge is 2.32. The summed E-state index contributed by atoms with van der Waals surface area (Å²) in [5.74, 6) is -0.293. The number of carbonyl (C=O) groups excluding carboxylic acids is 2. The molecule has 0 spiro atoms. The molecule has 0 aliphatic rings. The Kier molecular flexibility index (Phi) is 9.83. The second-order valence-electron chi connectivity index (χ2n) is 7.57. The molecule has 0 saturated carbocycles. The maximum absolute atomic E-state index is 13.4. The van der Waals surface area contributed by atoms with Crippen molar-refractivity contribution in [2.45, 2.75) is 19.0 Å². The molecule has 0 radical (unpaired) electrons. The van der Waals surface area contributed by atoms with Crippen LogP contribution in [0.15, 0.2) is 54.6 Å². The monoisotopic (exact) mass is 477 g/mol. The minimum absolute atomic E-state index is 0.0768. The maximum atomic E-state index is 13.4. The van der Waals surface area contributed by atoms with Gasteiger partial charge in [-0.05, 0) is 29.7 Å². The molecule has 0 unspecified atom stereocenters. The Morgan fingerprint density at radius 2 is 1.73 bits per heavy atom. The van der Waals surface area contributed by atoms with Crippen LogP contribution in [-0.4, -0.2) is 74.7 Å². The normalized spacial score (nSPS) is 12.3. The van der Waals surface area contributed by atoms with E-state index in [4.69, 9.17) is 9.84 Å². The molecule has 0 bridgehead atoms. The van der Waals surface area contributed by atoms with Crippen molar-refractivity contribution in [2.75, 3.05) is 40.1 Å². The first-order chi connectivity index (χ1) is 15.7. The number of aliphatic hydroxyl groups is 1. The van der Waals surface area contributed by atoms with Gasteiger partial charge in [-0.25, -0.2) is 8.42 Å². The summed E-state index contributed by atoms with van der Waals surface area (Å²) in [5.41, 5.74) is 1.33. The van der Waals surface area contributed by atoms with E-state index in [1.165, 1.54) is 11.9 Å². The highest BCUT2D eigenvalue weighted by atomic mass is 32.2. The first kappa shape index (κ1) is 26.3. The summed E-state index contributed by atoms with van der Waals surface area (Å²) >= 11 is 0. The van der Waals surface area contributed by atoms with Crippen molar-refractivity contribution >= 4 is 21.8 Å². The number of rotatable bonds is 12. The predicted molar refractivity (Wildman–Crippen MR) is 125 cm³/mol. The number of benzene rings is 2. The molecule has 2 N–H and O–H groups in total. The number of nitrogens with zero attached hydrogens (tertiary/aromatic N) is 2. The van der Waals surface area contributed by atoms with Crippen LogP contribution in [0.2, 0.25) is 0 Å². The Hall–Kier alpha value is -2.95. The van der Waals surface area contributed by atoms with E-state index in [-0.39, 0.29) is 19.7 Å². The van der Waals surface area contributed by atoms with E-state index in [0.29, 0.717) is 17.7 Å². The molecule has 180 valence electrons. The summed E-state index contributed by atoms with van der Waals surface area (Å²) in [4.78, 5) is 27.9. The van der Waals surface area contributed by atoms with Gasteiger partial charge in [0.25, 0.3) is 0 Å². The molecule has 0 heterocycles. The van der Waals surface area contributed by atoms with Crippen LogP contribution in [0.3, 0.4) is 0 Å². The Balaban J connectivity index is 2.45. The number of aliphatic hydroxyl groups excluding tert-OH is 1. The molecular formula is C23H31N3O6S. The highest BCUT2D eigenvalue weighted by molar-refractivity contribution is 7.88. The van der Waals surface area contributed by atoms with Gasteiger partial charge in [0.1, 0.15) is 11.8 Å². The average Bonchev–Trinajstić information content (AvgIpc) is 2.79. The number of methoxy groups -OCH3 is 1. The van der Waals surface area contributed by atoms with Gasteiger partial charge < -0.3 is 20.1 Å². The molecule has 2 aromatic rings. The minimum atomic E-state index is -3.60. The van der Waals surface area contributed by atoms with Crippen molar-refractivity contribution in [2.24, 2.45) is 0 Å². The topological polar surface area (TPSA) is 116 Å². The second-order valence-corrected chi connectivity index (χ2v) is 9.66. The van der Waals surface area contributed by atoms with Crippen LogP contribution in [0.1, 0.15) is 23.6 Å². The van der Waals surface area contributed by atoms with Gasteiger partial charge in [-0.3, -0.25) is 9.59 Å². The Bertz CT molecular complexity index is 1010. The summed E-state index contributed by atoms with van der Waals surface area (Å²) in [6, 6.07) is 14.9. The van der Waals surface area contributed by atoms with Crippen molar-refractivity contribution in [3.05, 3.63) is 65.7 Å². The first-order valence-electron chi connectivity index (χ1n) is 10.4. The lowest BCUT2D eigenvalue weighted by molar-refractivity contribution is -0.141. The van der Waals surface area contributed by atoms with E-state index in [2.05, 4.69) is 5.32 Å². The molecule has 0 aliphatic heterocycles. The molecular weight excluding hydrogens is 446 g/mol. The maximum Gasteiger partial charge on any atom is 0.247 e. The summed E-state index contributed by atoms with van der Waals surface area (Å²) in [7, 11) is -0.734. The lowest BCUT2D eigenvalue weighted by Crippen LogP contribution is -2.47. The molecule has 2 aromatic carbocycles. The van der Waals surface area contributed by atoms with Gasteiger partial charge in [0.05, 0.1) is 19.9 Å². The van der Waals surface area contributed by atoms with Gasteiger partial charge in [0.15, 0.2) is 0 Å². The SMILES string of the molecule is COc1ccc(CN(C(=O)CN(C)S(C)(=O)=O)[C@@H](C(=O)NCCCO)c2ccccc2)cc1. The second kappa shape index (κ2) is 12.3. The molecule has 2 rings (SSSR count). The largest absolute Gasteiger partial charge is 0.497 e. The van der Waals surface area contributed by atoms with Crippen molar-refractivity contribution in [1.29, 1.82) is 0 Å². The Labute approximate surface area is 195 Å². The van der Waals surface area contributed by atoms with E-state index in [9.17, 15) is 18.0 Å². The smallest absolute Gasteiger partial charge is 0.247 e. The number of nitrogens with one attached hydrogen (secondary N) is 1. The third-order valence-corrected chi connectivity index (χ3v) is 6.33. The molecule has 10 heteroatoms. The highest BCUT2D eigenvalue weighted by Crippen LogP contribution is 2.25. The van der Waals surface area contributed by atoms with Crippen LogP contribution in [-0.2, 0) is 26.2 Å². The van der Waals surface area contributed by atoms with Crippen molar-refractivity contribution in [1.82, 2.24) is 14.5 Å². The van der Waals surface area contributed by atoms with Crippen LogP contribution in [0.4, 0.5) is 0 Å². The van der Waals surface area contributed by atoms with Gasteiger partial charge in [-0.15, -0.1) is 0 Å². The van der Waals surface area contributed by atoms with Gasteiger partial charge >= 0.3 is 0 Å². The summed E-state index contributed by atoms with van der Waals surface area (Å²) in [6.45, 7) is -0.175. The lowest BCUT2D eigenvalue weighted by Gasteiger charge is -2.32. The molecule has 1 atom stereocenters. The fraction of sp³-hybridized carbons (Fsp3) is 0.391. The van der Waals surface area contributed by atoms with E-state index in [1.54, 1.807) is 61.7 Å².